The maximum Gasteiger partial charge on any atom is 0.332 e. The van der Waals surface area contributed by atoms with Gasteiger partial charge in [0.1, 0.15) is 18.5 Å². The number of aryl methyl sites for hydroxylation is 2. The number of nitrogens with two attached hydrogens (primary N) is 1. The summed E-state index contributed by atoms with van der Waals surface area (Å²) >= 11 is 0. The molecule has 2 aromatic heterocycles. The van der Waals surface area contributed by atoms with Gasteiger partial charge in [0.15, 0.2) is 11.2 Å². The lowest BCUT2D eigenvalue weighted by Gasteiger charge is -2.14. The van der Waals surface area contributed by atoms with Crippen LogP contribution in [0.3, 0.4) is 0 Å². The number of imidazole rings is 1. The second-order valence-corrected chi connectivity index (χ2v) is 6.24. The van der Waals surface area contributed by atoms with Crippen LogP contribution in [0.1, 0.15) is 5.56 Å². The Labute approximate surface area is 148 Å². The van der Waals surface area contributed by atoms with Crippen molar-refractivity contribution in [2.24, 2.45) is 14.1 Å². The molecule has 0 saturated carbocycles. The Morgan fingerprint density at radius 1 is 1.19 bits per heavy atom. The quantitative estimate of drug-likeness (QED) is 0.649. The lowest BCUT2D eigenvalue weighted by molar-refractivity contribution is 0.0938. The molecule has 3 N–H and O–H groups in total. The van der Waals surface area contributed by atoms with Crippen molar-refractivity contribution in [3.63, 3.8) is 0 Å². The molecule has 3 rings (SSSR count). The molecule has 0 aliphatic carbocycles. The number of aliphatic hydroxyl groups excluding tert-OH is 1. The van der Waals surface area contributed by atoms with E-state index in [0.717, 1.165) is 10.1 Å². The van der Waals surface area contributed by atoms with Gasteiger partial charge in [-0.15, -0.1) is 0 Å². The van der Waals surface area contributed by atoms with Gasteiger partial charge in [-0.3, -0.25) is 13.9 Å². The maximum absolute atomic E-state index is 12.4. The van der Waals surface area contributed by atoms with Crippen LogP contribution in [0.15, 0.2) is 33.9 Å². The van der Waals surface area contributed by atoms with Gasteiger partial charge in [0.25, 0.3) is 5.56 Å². The highest BCUT2D eigenvalue weighted by Gasteiger charge is 2.19. The smallest absolute Gasteiger partial charge is 0.332 e. The van der Waals surface area contributed by atoms with Gasteiger partial charge in [-0.25, -0.2) is 4.79 Å². The van der Waals surface area contributed by atoms with Crippen LogP contribution in [0.2, 0.25) is 0 Å². The van der Waals surface area contributed by atoms with E-state index < -0.39 is 17.4 Å². The molecule has 0 bridgehead atoms. The van der Waals surface area contributed by atoms with Crippen LogP contribution in [0, 0.1) is 6.92 Å². The number of aromatic nitrogens is 4. The average Bonchev–Trinajstić information content (AvgIpc) is 2.94. The molecule has 2 heterocycles. The molecular formula is C17H21N5O4. The summed E-state index contributed by atoms with van der Waals surface area (Å²) in [4.78, 5) is 28.5. The van der Waals surface area contributed by atoms with Crippen molar-refractivity contribution < 1.29 is 9.84 Å². The van der Waals surface area contributed by atoms with Crippen LogP contribution in [0.5, 0.6) is 5.75 Å². The zero-order chi connectivity index (χ0) is 19.0. The van der Waals surface area contributed by atoms with E-state index in [1.807, 2.05) is 31.2 Å². The topological polar surface area (TPSA) is 117 Å². The van der Waals surface area contributed by atoms with E-state index in [9.17, 15) is 14.7 Å². The highest BCUT2D eigenvalue weighted by molar-refractivity contribution is 5.73. The van der Waals surface area contributed by atoms with E-state index in [4.69, 9.17) is 10.5 Å². The zero-order valence-corrected chi connectivity index (χ0v) is 14.8. The normalized spacial score (nSPS) is 12.5. The molecule has 1 atom stereocenters. The number of ether oxygens (including phenoxy) is 1. The Bertz CT molecular complexity index is 1060. The number of nitrogen functional groups attached to an aromatic ring is 1. The molecule has 9 heteroatoms. The van der Waals surface area contributed by atoms with Gasteiger partial charge in [-0.1, -0.05) is 17.7 Å². The first kappa shape index (κ1) is 17.7. The number of fused-ring (bicyclic) bond motifs is 1. The Balaban J connectivity index is 1.86. The molecular weight excluding hydrogens is 338 g/mol. The van der Waals surface area contributed by atoms with Crippen LogP contribution < -0.4 is 21.7 Å². The Morgan fingerprint density at radius 3 is 2.50 bits per heavy atom. The van der Waals surface area contributed by atoms with Gasteiger partial charge < -0.3 is 20.1 Å². The molecule has 0 fully saturated rings. The number of hydrogen-bond acceptors (Lipinski definition) is 6. The number of benzene rings is 1. The lowest BCUT2D eigenvalue weighted by atomic mass is 10.2. The summed E-state index contributed by atoms with van der Waals surface area (Å²) in [7, 11) is 2.90. The van der Waals surface area contributed by atoms with Crippen molar-refractivity contribution in [2.75, 3.05) is 12.3 Å². The number of anilines is 1. The lowest BCUT2D eigenvalue weighted by Crippen LogP contribution is -2.38. The van der Waals surface area contributed by atoms with E-state index in [1.165, 1.54) is 23.2 Å². The third-order valence-electron chi connectivity index (χ3n) is 4.23. The van der Waals surface area contributed by atoms with Gasteiger partial charge in [-0.05, 0) is 19.1 Å². The molecule has 0 saturated heterocycles. The first-order valence-corrected chi connectivity index (χ1v) is 8.09. The molecule has 9 nitrogen and oxygen atoms in total. The van der Waals surface area contributed by atoms with Crippen LogP contribution in [-0.2, 0) is 20.6 Å². The van der Waals surface area contributed by atoms with E-state index in [-0.39, 0.29) is 30.3 Å². The minimum absolute atomic E-state index is 0.0155. The highest BCUT2D eigenvalue weighted by Crippen LogP contribution is 2.15. The molecule has 3 aromatic rings. The van der Waals surface area contributed by atoms with E-state index >= 15 is 0 Å². The standard InChI is InChI=1S/C17H21N5O4/c1-10-4-6-12(7-5-10)26-9-11(23)8-22-13-14(19-16(22)18)20(2)17(25)21(3)15(13)24/h4-7,11,23H,8-9H2,1-3H3,(H2,18,19)/t11-/m0/s1. The third kappa shape index (κ3) is 3.08. The minimum atomic E-state index is -0.919. The van der Waals surface area contributed by atoms with Gasteiger partial charge >= 0.3 is 5.69 Å². The van der Waals surface area contributed by atoms with Crippen LogP contribution in [0.25, 0.3) is 11.2 Å². The SMILES string of the molecule is Cc1ccc(OC[C@@H](O)Cn2c(N)nc3c2c(=O)n(C)c(=O)n3C)cc1. The molecule has 138 valence electrons. The first-order chi connectivity index (χ1) is 12.3. The fraction of sp³-hybridized carbons (Fsp3) is 0.353. The third-order valence-corrected chi connectivity index (χ3v) is 4.23. The van der Waals surface area contributed by atoms with Crippen molar-refractivity contribution in [1.82, 2.24) is 18.7 Å². The molecule has 0 amide bonds. The van der Waals surface area contributed by atoms with E-state index in [2.05, 4.69) is 4.98 Å². The Kier molecular flexibility index (Phi) is 4.56. The molecule has 1 aromatic carbocycles. The van der Waals surface area contributed by atoms with Gasteiger partial charge in [0.05, 0.1) is 6.54 Å². The van der Waals surface area contributed by atoms with Crippen molar-refractivity contribution in [3.05, 3.63) is 50.7 Å². The van der Waals surface area contributed by atoms with Crippen molar-refractivity contribution in [1.29, 1.82) is 0 Å². The fourth-order valence-electron chi connectivity index (χ4n) is 2.74. The molecule has 0 spiro atoms. The second kappa shape index (κ2) is 6.68. The predicted octanol–water partition coefficient (Wildman–Crippen LogP) is -0.236. The summed E-state index contributed by atoms with van der Waals surface area (Å²) in [6.07, 6.45) is -0.919. The summed E-state index contributed by atoms with van der Waals surface area (Å²) in [6.45, 7) is 2.01. The van der Waals surface area contributed by atoms with Crippen LogP contribution >= 0.6 is 0 Å². The predicted molar refractivity (Wildman–Crippen MR) is 97.3 cm³/mol. The average molecular weight is 359 g/mol. The Hall–Kier alpha value is -3.07. The number of hydrogen-bond donors (Lipinski definition) is 2. The summed E-state index contributed by atoms with van der Waals surface area (Å²) in [5, 5.41) is 10.3. The zero-order valence-electron chi connectivity index (χ0n) is 14.8. The fourth-order valence-corrected chi connectivity index (χ4v) is 2.74. The molecule has 0 unspecified atom stereocenters. The number of rotatable bonds is 5. The highest BCUT2D eigenvalue weighted by atomic mass is 16.5. The van der Waals surface area contributed by atoms with Crippen molar-refractivity contribution in [3.8, 4) is 5.75 Å². The molecule has 26 heavy (non-hydrogen) atoms. The van der Waals surface area contributed by atoms with Gasteiger partial charge in [0.2, 0.25) is 5.95 Å². The van der Waals surface area contributed by atoms with Crippen LogP contribution in [0.4, 0.5) is 5.95 Å². The van der Waals surface area contributed by atoms with Crippen molar-refractivity contribution >= 4 is 17.1 Å². The van der Waals surface area contributed by atoms with Crippen LogP contribution in [-0.4, -0.2) is 36.5 Å². The summed E-state index contributed by atoms with van der Waals surface area (Å²) in [6, 6.07) is 7.45. The Morgan fingerprint density at radius 2 is 1.85 bits per heavy atom. The van der Waals surface area contributed by atoms with E-state index in [1.54, 1.807) is 0 Å². The molecule has 0 aliphatic heterocycles. The van der Waals surface area contributed by atoms with Gasteiger partial charge in [-0.2, -0.15) is 4.98 Å². The minimum Gasteiger partial charge on any atom is -0.491 e. The number of aliphatic hydroxyl groups is 1. The first-order valence-electron chi connectivity index (χ1n) is 8.09. The maximum atomic E-state index is 12.4. The molecule has 0 radical (unpaired) electrons. The summed E-state index contributed by atoms with van der Waals surface area (Å²) in [5.74, 6) is 0.684. The van der Waals surface area contributed by atoms with Gasteiger partial charge in [0, 0.05) is 14.1 Å². The number of nitrogens with zero attached hydrogens (tertiary/aromatic N) is 4. The summed E-state index contributed by atoms with van der Waals surface area (Å²) < 4.78 is 9.19. The molecule has 0 aliphatic rings. The summed E-state index contributed by atoms with van der Waals surface area (Å²) in [5.41, 5.74) is 6.35. The van der Waals surface area contributed by atoms with E-state index in [0.29, 0.717) is 5.75 Å². The largest absolute Gasteiger partial charge is 0.491 e. The monoisotopic (exact) mass is 359 g/mol. The second-order valence-electron chi connectivity index (χ2n) is 6.24. The van der Waals surface area contributed by atoms with Crippen molar-refractivity contribution in [2.45, 2.75) is 19.6 Å².